The molecule has 0 aliphatic rings. The largest absolute Gasteiger partial charge is 0.494 e. The zero-order valence-corrected chi connectivity index (χ0v) is 16.1. The zero-order chi connectivity index (χ0) is 18.4. The van der Waals surface area contributed by atoms with E-state index in [-0.39, 0.29) is 5.91 Å². The summed E-state index contributed by atoms with van der Waals surface area (Å²) in [7, 11) is 1.81. The zero-order valence-electron chi connectivity index (χ0n) is 14.5. The maximum Gasteiger partial charge on any atom is 0.253 e. The second kappa shape index (κ2) is 8.67. The van der Waals surface area contributed by atoms with E-state index in [1.54, 1.807) is 15.8 Å². The van der Waals surface area contributed by atoms with Crippen LogP contribution in [0.5, 0.6) is 5.75 Å². The number of benzene rings is 2. The smallest absolute Gasteiger partial charge is 0.253 e. The molecule has 0 radical (unpaired) electrons. The molecule has 1 amide bonds. The van der Waals surface area contributed by atoms with E-state index in [9.17, 15) is 4.79 Å². The molecule has 5 nitrogen and oxygen atoms in total. The fraction of sp³-hybridized carbons (Fsp3) is 0.200. The van der Waals surface area contributed by atoms with Crippen LogP contribution in [0.3, 0.4) is 0 Å². The Kier molecular flexibility index (Phi) is 6.07. The molecule has 0 bridgehead atoms. The van der Waals surface area contributed by atoms with Crippen molar-refractivity contribution in [3.8, 4) is 11.4 Å². The highest BCUT2D eigenvalue weighted by Gasteiger charge is 2.11. The molecule has 0 N–H and O–H groups in total. The highest BCUT2D eigenvalue weighted by molar-refractivity contribution is 9.10. The average Bonchev–Trinajstić information content (AvgIpc) is 3.12. The van der Waals surface area contributed by atoms with Gasteiger partial charge >= 0.3 is 0 Å². The Hall–Kier alpha value is -2.60. The Balaban J connectivity index is 1.50. The number of ether oxygens (including phenoxy) is 1. The van der Waals surface area contributed by atoms with Gasteiger partial charge in [-0.1, -0.05) is 18.2 Å². The number of para-hydroxylation sites is 1. The first kappa shape index (κ1) is 18.2. The third-order valence-corrected chi connectivity index (χ3v) is 4.34. The monoisotopic (exact) mass is 413 g/mol. The van der Waals surface area contributed by atoms with Gasteiger partial charge in [0.15, 0.2) is 0 Å². The molecule has 0 atom stereocenters. The highest BCUT2D eigenvalue weighted by atomic mass is 79.9. The predicted octanol–water partition coefficient (Wildman–Crippen LogP) is 4.18. The van der Waals surface area contributed by atoms with Crippen molar-refractivity contribution in [2.75, 3.05) is 20.2 Å². The van der Waals surface area contributed by atoms with Crippen molar-refractivity contribution in [1.82, 2.24) is 14.7 Å². The maximum absolute atomic E-state index is 12.5. The van der Waals surface area contributed by atoms with Crippen molar-refractivity contribution in [3.05, 3.63) is 77.0 Å². The summed E-state index contributed by atoms with van der Waals surface area (Å²) in [4.78, 5) is 14.2. The van der Waals surface area contributed by atoms with Crippen molar-refractivity contribution < 1.29 is 9.53 Å². The fourth-order valence-electron chi connectivity index (χ4n) is 2.53. The second-order valence-electron chi connectivity index (χ2n) is 5.89. The Labute approximate surface area is 161 Å². The first-order chi connectivity index (χ1) is 12.6. The van der Waals surface area contributed by atoms with Crippen molar-refractivity contribution in [1.29, 1.82) is 0 Å². The lowest BCUT2D eigenvalue weighted by molar-refractivity contribution is 0.0788. The van der Waals surface area contributed by atoms with Crippen LogP contribution < -0.4 is 4.74 Å². The van der Waals surface area contributed by atoms with E-state index < -0.39 is 0 Å². The summed E-state index contributed by atoms with van der Waals surface area (Å²) in [5.74, 6) is 0.847. The number of carbonyl (C=O) groups excluding carboxylic acids is 1. The number of nitrogens with zero attached hydrogens (tertiary/aromatic N) is 3. The van der Waals surface area contributed by atoms with Crippen LogP contribution in [0.1, 0.15) is 16.8 Å². The summed E-state index contributed by atoms with van der Waals surface area (Å²) in [5.41, 5.74) is 1.57. The number of halogens is 1. The van der Waals surface area contributed by atoms with Crippen LogP contribution in [-0.4, -0.2) is 40.8 Å². The topological polar surface area (TPSA) is 47.4 Å². The van der Waals surface area contributed by atoms with Crippen LogP contribution in [0, 0.1) is 0 Å². The average molecular weight is 414 g/mol. The molecule has 26 heavy (non-hydrogen) atoms. The number of carbonyl (C=O) groups is 1. The van der Waals surface area contributed by atoms with Gasteiger partial charge in [0, 0.05) is 25.4 Å². The van der Waals surface area contributed by atoms with Gasteiger partial charge in [-0.2, -0.15) is 5.10 Å². The normalized spacial score (nSPS) is 10.5. The summed E-state index contributed by atoms with van der Waals surface area (Å²) in [5, 5.41) is 4.23. The van der Waals surface area contributed by atoms with E-state index in [1.165, 1.54) is 0 Å². The van der Waals surface area contributed by atoms with Crippen LogP contribution in [0.4, 0.5) is 0 Å². The van der Waals surface area contributed by atoms with Crippen molar-refractivity contribution in [3.63, 3.8) is 0 Å². The number of rotatable bonds is 7. The van der Waals surface area contributed by atoms with Gasteiger partial charge in [-0.15, -0.1) is 0 Å². The van der Waals surface area contributed by atoms with Gasteiger partial charge in [0.25, 0.3) is 5.91 Å². The predicted molar refractivity (Wildman–Crippen MR) is 105 cm³/mol. The van der Waals surface area contributed by atoms with Gasteiger partial charge in [-0.3, -0.25) is 4.79 Å². The third kappa shape index (κ3) is 4.73. The van der Waals surface area contributed by atoms with Gasteiger partial charge in [0.2, 0.25) is 0 Å². The number of hydrogen-bond donors (Lipinski definition) is 0. The van der Waals surface area contributed by atoms with E-state index in [4.69, 9.17) is 4.74 Å². The van der Waals surface area contributed by atoms with Gasteiger partial charge in [0.05, 0.1) is 23.0 Å². The van der Waals surface area contributed by atoms with Gasteiger partial charge in [-0.25, -0.2) is 4.68 Å². The van der Waals surface area contributed by atoms with E-state index in [2.05, 4.69) is 21.0 Å². The summed E-state index contributed by atoms with van der Waals surface area (Å²) in [6.45, 7) is 1.22. The summed E-state index contributed by atoms with van der Waals surface area (Å²) >= 11 is 3.38. The molecule has 1 aromatic heterocycles. The Morgan fingerprint density at radius 3 is 2.54 bits per heavy atom. The van der Waals surface area contributed by atoms with Crippen LogP contribution in [-0.2, 0) is 0 Å². The molecule has 0 aliphatic heterocycles. The van der Waals surface area contributed by atoms with Gasteiger partial charge < -0.3 is 9.64 Å². The SMILES string of the molecule is CN(CCCOc1ccccc1)C(=O)c1ccc(-n2cc(Br)cn2)cc1. The molecule has 2 aromatic carbocycles. The third-order valence-electron chi connectivity index (χ3n) is 3.93. The van der Waals surface area contributed by atoms with Gasteiger partial charge in [0.1, 0.15) is 5.75 Å². The molecule has 0 fully saturated rings. The van der Waals surface area contributed by atoms with E-state index in [1.807, 2.05) is 67.8 Å². The lowest BCUT2D eigenvalue weighted by Crippen LogP contribution is -2.28. The maximum atomic E-state index is 12.5. The number of amides is 1. The Bertz CT molecular complexity index is 847. The lowest BCUT2D eigenvalue weighted by atomic mass is 10.2. The van der Waals surface area contributed by atoms with E-state index >= 15 is 0 Å². The Morgan fingerprint density at radius 1 is 1.15 bits per heavy atom. The Morgan fingerprint density at radius 2 is 1.88 bits per heavy atom. The summed E-state index contributed by atoms with van der Waals surface area (Å²) < 4.78 is 8.32. The fourth-order valence-corrected chi connectivity index (χ4v) is 2.81. The minimum absolute atomic E-state index is 0.00194. The summed E-state index contributed by atoms with van der Waals surface area (Å²) in [6, 6.07) is 17.1. The molecule has 0 saturated heterocycles. The summed E-state index contributed by atoms with van der Waals surface area (Å²) in [6.07, 6.45) is 4.37. The molecule has 134 valence electrons. The quantitative estimate of drug-likeness (QED) is 0.545. The molecule has 0 aliphatic carbocycles. The lowest BCUT2D eigenvalue weighted by Gasteiger charge is -2.17. The van der Waals surface area contributed by atoms with E-state index in [0.29, 0.717) is 18.7 Å². The second-order valence-corrected chi connectivity index (χ2v) is 6.81. The minimum atomic E-state index is -0.00194. The molecule has 3 rings (SSSR count). The van der Waals surface area contributed by atoms with Crippen molar-refractivity contribution in [2.45, 2.75) is 6.42 Å². The highest BCUT2D eigenvalue weighted by Crippen LogP contribution is 2.14. The van der Waals surface area contributed by atoms with Crippen LogP contribution in [0.2, 0.25) is 0 Å². The first-order valence-electron chi connectivity index (χ1n) is 8.37. The van der Waals surface area contributed by atoms with Crippen LogP contribution in [0.15, 0.2) is 71.5 Å². The molecular formula is C20H20BrN3O2. The van der Waals surface area contributed by atoms with E-state index in [0.717, 1.165) is 22.3 Å². The molecule has 0 unspecified atom stereocenters. The first-order valence-corrected chi connectivity index (χ1v) is 9.17. The van der Waals surface area contributed by atoms with Crippen molar-refractivity contribution >= 4 is 21.8 Å². The number of aromatic nitrogens is 2. The standard InChI is InChI=1S/C20H20BrN3O2/c1-23(12-5-13-26-19-6-3-2-4-7-19)20(25)16-8-10-18(11-9-16)24-15-17(21)14-22-24/h2-4,6-11,14-15H,5,12-13H2,1H3. The number of hydrogen-bond acceptors (Lipinski definition) is 3. The molecule has 0 spiro atoms. The molecule has 3 aromatic rings. The van der Waals surface area contributed by atoms with Crippen LogP contribution in [0.25, 0.3) is 5.69 Å². The minimum Gasteiger partial charge on any atom is -0.494 e. The van der Waals surface area contributed by atoms with Crippen molar-refractivity contribution in [2.24, 2.45) is 0 Å². The van der Waals surface area contributed by atoms with Crippen LogP contribution >= 0.6 is 15.9 Å². The molecule has 6 heteroatoms. The molecule has 0 saturated carbocycles. The van der Waals surface area contributed by atoms with Gasteiger partial charge in [-0.05, 0) is 58.7 Å². The molecular weight excluding hydrogens is 394 g/mol. The molecule has 1 heterocycles.